The van der Waals surface area contributed by atoms with Crippen molar-refractivity contribution in [2.24, 2.45) is 11.8 Å². The quantitative estimate of drug-likeness (QED) is 0.818. The Morgan fingerprint density at radius 1 is 1.08 bits per heavy atom. The Labute approximate surface area is 153 Å². The molecule has 2 bridgehead atoms. The van der Waals surface area contributed by atoms with Gasteiger partial charge in [0, 0.05) is 56.1 Å². The summed E-state index contributed by atoms with van der Waals surface area (Å²) in [5, 5.41) is 1.26. The van der Waals surface area contributed by atoms with Crippen LogP contribution in [0.25, 0.3) is 0 Å². The van der Waals surface area contributed by atoms with E-state index in [2.05, 4.69) is 14.8 Å². The molecule has 1 aliphatic carbocycles. The van der Waals surface area contributed by atoms with Crippen LogP contribution >= 0.6 is 23.2 Å². The minimum absolute atomic E-state index is 0.292. The van der Waals surface area contributed by atoms with E-state index in [0.29, 0.717) is 33.8 Å². The number of nitrogens with zero attached hydrogens (tertiary/aromatic N) is 3. The van der Waals surface area contributed by atoms with Crippen molar-refractivity contribution in [2.75, 3.05) is 19.6 Å². The van der Waals surface area contributed by atoms with Crippen LogP contribution in [0, 0.1) is 11.8 Å². The fourth-order valence-electron chi connectivity index (χ4n) is 4.26. The number of hydrogen-bond donors (Lipinski definition) is 0. The van der Waals surface area contributed by atoms with E-state index >= 15 is 0 Å². The van der Waals surface area contributed by atoms with E-state index in [1.807, 2.05) is 0 Å². The molecule has 5 rings (SSSR count). The molecular formula is C18H23Cl2N3O. The maximum atomic E-state index is 12.7. The molecule has 0 unspecified atom stereocenters. The Bertz CT molecular complexity index is 614. The zero-order chi connectivity index (χ0) is 16.7. The molecule has 1 aromatic heterocycles. The van der Waals surface area contributed by atoms with Crippen molar-refractivity contribution >= 4 is 29.1 Å². The highest BCUT2D eigenvalue weighted by atomic mass is 35.5. The third kappa shape index (κ3) is 3.16. The molecule has 4 fully saturated rings. The maximum absolute atomic E-state index is 12.7. The number of carbonyl (C=O) groups excluding carboxylic acids is 1. The highest BCUT2D eigenvalue weighted by Crippen LogP contribution is 2.34. The van der Waals surface area contributed by atoms with Crippen LogP contribution in [0.3, 0.4) is 0 Å². The lowest BCUT2D eigenvalue weighted by molar-refractivity contribution is -0.138. The standard InChI is InChI=1S/C18H23Cl2N3O/c19-16-6-21-7-17(20)15(16)11-22-8-12-4-5-14(22)10-23(9-12)18(24)13-2-1-3-13/h6-7,12-14H,1-5,8-11H2/t12-,14-/m0/s1. The third-order valence-corrected chi connectivity index (χ3v) is 6.56. The monoisotopic (exact) mass is 367 g/mol. The van der Waals surface area contributed by atoms with Crippen LogP contribution in [0.15, 0.2) is 12.4 Å². The zero-order valence-electron chi connectivity index (χ0n) is 13.8. The number of rotatable bonds is 3. The minimum Gasteiger partial charge on any atom is -0.341 e. The van der Waals surface area contributed by atoms with Crippen LogP contribution in [0.2, 0.25) is 10.0 Å². The number of amides is 1. The Morgan fingerprint density at radius 3 is 2.50 bits per heavy atom. The fraction of sp³-hybridized carbons (Fsp3) is 0.667. The second kappa shape index (κ2) is 6.81. The summed E-state index contributed by atoms with van der Waals surface area (Å²) in [5.74, 6) is 1.24. The first-order valence-corrected chi connectivity index (χ1v) is 9.68. The molecule has 1 amide bonds. The van der Waals surface area contributed by atoms with E-state index in [4.69, 9.17) is 23.2 Å². The van der Waals surface area contributed by atoms with Crippen LogP contribution < -0.4 is 0 Å². The van der Waals surface area contributed by atoms with Crippen LogP contribution in [-0.4, -0.2) is 46.4 Å². The van der Waals surface area contributed by atoms with Gasteiger partial charge in [0.25, 0.3) is 0 Å². The highest BCUT2D eigenvalue weighted by molar-refractivity contribution is 6.35. The summed E-state index contributed by atoms with van der Waals surface area (Å²) in [6, 6.07) is 0.410. The number of fused-ring (bicyclic) bond motifs is 4. The summed E-state index contributed by atoms with van der Waals surface area (Å²) >= 11 is 12.6. The SMILES string of the molecule is O=C(C1CCC1)N1C[C@H]2CC[C@@H](C1)N(Cc1c(Cl)cncc1Cl)C2. The Kier molecular flexibility index (Phi) is 4.72. The summed E-state index contributed by atoms with van der Waals surface area (Å²) in [5.41, 5.74) is 0.956. The van der Waals surface area contributed by atoms with E-state index in [0.717, 1.165) is 51.0 Å². The molecule has 0 N–H and O–H groups in total. The van der Waals surface area contributed by atoms with Crippen LogP contribution in [0.1, 0.15) is 37.7 Å². The molecule has 3 saturated heterocycles. The molecule has 130 valence electrons. The molecule has 0 aromatic carbocycles. The number of hydrogen-bond acceptors (Lipinski definition) is 3. The average molecular weight is 368 g/mol. The normalized spacial score (nSPS) is 27.8. The topological polar surface area (TPSA) is 36.4 Å². The molecule has 6 heteroatoms. The molecule has 4 heterocycles. The molecule has 1 saturated carbocycles. The van der Waals surface area contributed by atoms with E-state index in [9.17, 15) is 4.79 Å². The van der Waals surface area contributed by atoms with Crippen molar-refractivity contribution in [3.63, 3.8) is 0 Å². The molecule has 1 aromatic rings. The van der Waals surface area contributed by atoms with Gasteiger partial charge in [0.2, 0.25) is 5.91 Å². The first-order valence-electron chi connectivity index (χ1n) is 8.92. The molecule has 3 aliphatic heterocycles. The first kappa shape index (κ1) is 16.6. The van der Waals surface area contributed by atoms with Crippen molar-refractivity contribution in [2.45, 2.75) is 44.7 Å². The third-order valence-electron chi connectivity index (χ3n) is 5.91. The van der Waals surface area contributed by atoms with Gasteiger partial charge in [-0.3, -0.25) is 14.7 Å². The Balaban J connectivity index is 1.49. The lowest BCUT2D eigenvalue weighted by Crippen LogP contribution is -2.45. The molecule has 24 heavy (non-hydrogen) atoms. The largest absolute Gasteiger partial charge is 0.341 e. The smallest absolute Gasteiger partial charge is 0.225 e. The van der Waals surface area contributed by atoms with Gasteiger partial charge in [-0.25, -0.2) is 0 Å². The van der Waals surface area contributed by atoms with Crippen LogP contribution in [0.5, 0.6) is 0 Å². The predicted molar refractivity (Wildman–Crippen MR) is 95.1 cm³/mol. The van der Waals surface area contributed by atoms with Gasteiger partial charge in [0.15, 0.2) is 0 Å². The maximum Gasteiger partial charge on any atom is 0.225 e. The number of halogens is 2. The van der Waals surface area contributed by atoms with Gasteiger partial charge in [0.1, 0.15) is 0 Å². The minimum atomic E-state index is 0.292. The zero-order valence-corrected chi connectivity index (χ0v) is 15.3. The van der Waals surface area contributed by atoms with Crippen LogP contribution in [-0.2, 0) is 11.3 Å². The van der Waals surface area contributed by atoms with E-state index < -0.39 is 0 Å². The summed E-state index contributed by atoms with van der Waals surface area (Å²) < 4.78 is 0. The summed E-state index contributed by atoms with van der Waals surface area (Å²) in [4.78, 5) is 21.3. The van der Waals surface area contributed by atoms with Crippen LogP contribution in [0.4, 0.5) is 0 Å². The summed E-state index contributed by atoms with van der Waals surface area (Å²) in [6.45, 7) is 3.53. The van der Waals surface area contributed by atoms with Crippen molar-refractivity contribution in [3.05, 3.63) is 28.0 Å². The van der Waals surface area contributed by atoms with Gasteiger partial charge >= 0.3 is 0 Å². The van der Waals surface area contributed by atoms with Gasteiger partial charge in [-0.1, -0.05) is 29.6 Å². The van der Waals surface area contributed by atoms with Crippen molar-refractivity contribution in [1.82, 2.24) is 14.8 Å². The van der Waals surface area contributed by atoms with E-state index in [-0.39, 0.29) is 0 Å². The second-order valence-electron chi connectivity index (χ2n) is 7.48. The molecule has 0 radical (unpaired) electrons. The van der Waals surface area contributed by atoms with Gasteiger partial charge in [-0.05, 0) is 31.6 Å². The number of carbonyl (C=O) groups is 1. The van der Waals surface area contributed by atoms with Gasteiger partial charge in [0.05, 0.1) is 10.0 Å². The number of aromatic nitrogens is 1. The summed E-state index contributed by atoms with van der Waals surface area (Å²) in [6.07, 6.45) is 9.05. The van der Waals surface area contributed by atoms with Gasteiger partial charge in [-0.15, -0.1) is 0 Å². The van der Waals surface area contributed by atoms with Gasteiger partial charge in [-0.2, -0.15) is 0 Å². The number of piperidine rings is 1. The lowest BCUT2D eigenvalue weighted by Gasteiger charge is -2.36. The molecule has 4 aliphatic rings. The molecular weight excluding hydrogens is 345 g/mol. The first-order chi connectivity index (χ1) is 11.6. The highest BCUT2D eigenvalue weighted by Gasteiger charge is 2.39. The van der Waals surface area contributed by atoms with Crippen molar-refractivity contribution < 1.29 is 4.79 Å². The average Bonchev–Trinajstić information content (AvgIpc) is 2.81. The second-order valence-corrected chi connectivity index (χ2v) is 8.29. The lowest BCUT2D eigenvalue weighted by atomic mass is 9.84. The Hall–Kier alpha value is -0.840. The fourth-order valence-corrected chi connectivity index (χ4v) is 4.74. The van der Waals surface area contributed by atoms with E-state index in [1.165, 1.54) is 12.8 Å². The molecule has 0 spiro atoms. The van der Waals surface area contributed by atoms with Gasteiger partial charge < -0.3 is 4.90 Å². The molecule has 2 atom stereocenters. The molecule has 4 nitrogen and oxygen atoms in total. The summed E-state index contributed by atoms with van der Waals surface area (Å²) in [7, 11) is 0. The number of pyridine rings is 1. The Morgan fingerprint density at radius 2 is 1.83 bits per heavy atom. The van der Waals surface area contributed by atoms with Crippen molar-refractivity contribution in [3.8, 4) is 0 Å². The van der Waals surface area contributed by atoms with Crippen molar-refractivity contribution in [1.29, 1.82) is 0 Å². The predicted octanol–water partition coefficient (Wildman–Crippen LogP) is 3.61. The van der Waals surface area contributed by atoms with E-state index in [1.54, 1.807) is 12.4 Å².